The molecule has 0 saturated heterocycles. The van der Waals surface area contributed by atoms with Crippen molar-refractivity contribution in [2.24, 2.45) is 0 Å². The second-order valence-electron chi connectivity index (χ2n) is 5.45. The fourth-order valence-corrected chi connectivity index (χ4v) is 3.50. The van der Waals surface area contributed by atoms with Crippen molar-refractivity contribution in [1.82, 2.24) is 9.55 Å². The molecule has 0 radical (unpaired) electrons. The number of rotatable bonds is 2. The first-order valence-corrected chi connectivity index (χ1v) is 7.69. The molecular weight excluding hydrogens is 276 g/mol. The lowest BCUT2D eigenvalue weighted by molar-refractivity contribution is 0.920. The first kappa shape index (κ1) is 12.6. The summed E-state index contributed by atoms with van der Waals surface area (Å²) in [5.41, 5.74) is 7.90. The largest absolute Gasteiger partial charge is 0.337 e. The van der Waals surface area contributed by atoms with Gasteiger partial charge in [-0.15, -0.1) is 0 Å². The summed E-state index contributed by atoms with van der Waals surface area (Å²) in [5.74, 6) is 0. The Morgan fingerprint density at radius 3 is 2.76 bits per heavy atom. The van der Waals surface area contributed by atoms with Crippen LogP contribution in [0.2, 0.25) is 0 Å². The van der Waals surface area contributed by atoms with E-state index in [0.717, 1.165) is 23.3 Å². The summed E-state index contributed by atoms with van der Waals surface area (Å²) in [4.78, 5) is 3.15. The minimum Gasteiger partial charge on any atom is -0.337 e. The van der Waals surface area contributed by atoms with Gasteiger partial charge in [-0.2, -0.15) is 0 Å². The molecular formula is C18H16N2S. The molecule has 1 aliphatic carbocycles. The van der Waals surface area contributed by atoms with Crippen molar-refractivity contribution < 1.29 is 0 Å². The van der Waals surface area contributed by atoms with E-state index in [4.69, 9.17) is 12.2 Å². The number of hydrogen-bond acceptors (Lipinski definition) is 1. The Balaban J connectivity index is 1.87. The van der Waals surface area contributed by atoms with Gasteiger partial charge in [0.05, 0.1) is 0 Å². The molecule has 1 aliphatic rings. The van der Waals surface area contributed by atoms with Gasteiger partial charge in [0.2, 0.25) is 0 Å². The number of nitrogens with one attached hydrogen (secondary N) is 1. The zero-order valence-electron chi connectivity index (χ0n) is 11.9. The van der Waals surface area contributed by atoms with E-state index in [1.165, 1.54) is 27.9 Å². The second-order valence-corrected chi connectivity index (χ2v) is 5.84. The third-order valence-electron chi connectivity index (χ3n) is 4.25. The molecule has 0 atom stereocenters. The van der Waals surface area contributed by atoms with Gasteiger partial charge in [0.15, 0.2) is 4.77 Å². The molecule has 104 valence electrons. The lowest BCUT2D eigenvalue weighted by atomic mass is 10.1. The molecule has 0 aliphatic heterocycles. The summed E-state index contributed by atoms with van der Waals surface area (Å²) < 4.78 is 2.90. The van der Waals surface area contributed by atoms with E-state index in [9.17, 15) is 0 Å². The molecule has 0 fully saturated rings. The number of benzene rings is 2. The van der Waals surface area contributed by atoms with Gasteiger partial charge in [-0.1, -0.05) is 37.3 Å². The van der Waals surface area contributed by atoms with E-state index in [1.54, 1.807) is 0 Å². The van der Waals surface area contributed by atoms with Crippen LogP contribution in [-0.2, 0) is 12.8 Å². The lowest BCUT2D eigenvalue weighted by Gasteiger charge is -2.09. The fourth-order valence-electron chi connectivity index (χ4n) is 3.22. The number of aryl methyl sites for hydroxylation is 1. The molecule has 3 heteroatoms. The summed E-state index contributed by atoms with van der Waals surface area (Å²) in [7, 11) is 0. The molecule has 0 bridgehead atoms. The fraction of sp³-hybridized carbons (Fsp3) is 0.167. The molecule has 1 aromatic heterocycles. The van der Waals surface area contributed by atoms with Gasteiger partial charge in [0, 0.05) is 17.6 Å². The highest BCUT2D eigenvalue weighted by molar-refractivity contribution is 7.71. The van der Waals surface area contributed by atoms with Crippen molar-refractivity contribution >= 4 is 12.2 Å². The second kappa shape index (κ2) is 4.71. The minimum atomic E-state index is 0.766. The van der Waals surface area contributed by atoms with Crippen LogP contribution in [0.4, 0.5) is 0 Å². The predicted molar refractivity (Wildman–Crippen MR) is 88.6 cm³/mol. The van der Waals surface area contributed by atoms with Crippen molar-refractivity contribution in [3.05, 3.63) is 70.3 Å². The number of aromatic amines is 1. The van der Waals surface area contributed by atoms with Crippen molar-refractivity contribution in [2.45, 2.75) is 19.8 Å². The highest BCUT2D eigenvalue weighted by atomic mass is 32.1. The molecule has 2 nitrogen and oxygen atoms in total. The number of nitrogens with zero attached hydrogens (tertiary/aromatic N) is 1. The number of hydrogen-bond donors (Lipinski definition) is 1. The Labute approximate surface area is 129 Å². The van der Waals surface area contributed by atoms with Gasteiger partial charge < -0.3 is 4.98 Å². The van der Waals surface area contributed by atoms with Gasteiger partial charge in [-0.3, -0.25) is 4.57 Å². The van der Waals surface area contributed by atoms with Crippen LogP contribution in [0, 0.1) is 4.77 Å². The molecule has 3 aromatic rings. The average Bonchev–Trinajstić information content (AvgIpc) is 3.06. The summed E-state index contributed by atoms with van der Waals surface area (Å²) >= 11 is 5.43. The first-order valence-electron chi connectivity index (χ1n) is 7.29. The third-order valence-corrected chi connectivity index (χ3v) is 4.55. The lowest BCUT2D eigenvalue weighted by Crippen LogP contribution is -2.00. The van der Waals surface area contributed by atoms with Crippen LogP contribution >= 0.6 is 12.2 Å². The molecule has 0 amide bonds. The van der Waals surface area contributed by atoms with Crippen LogP contribution in [0.15, 0.2) is 48.7 Å². The summed E-state index contributed by atoms with van der Waals surface area (Å²) in [6, 6.07) is 15.3. The van der Waals surface area contributed by atoms with Crippen LogP contribution in [-0.4, -0.2) is 9.55 Å². The van der Waals surface area contributed by atoms with Crippen molar-refractivity contribution in [1.29, 1.82) is 0 Å². The monoisotopic (exact) mass is 292 g/mol. The summed E-state index contributed by atoms with van der Waals surface area (Å²) in [6.45, 7) is 2.15. The number of imidazole rings is 1. The van der Waals surface area contributed by atoms with E-state index in [0.29, 0.717) is 0 Å². The standard InChI is InChI=1S/C18H16N2S/c1-2-14-11-19-18(21)20(14)15-7-8-17-13(10-15)9-12-5-3-4-6-16(12)17/h3-8,10-11H,2,9H2,1H3,(H,19,21). The molecule has 21 heavy (non-hydrogen) atoms. The Morgan fingerprint density at radius 1 is 1.10 bits per heavy atom. The summed E-state index contributed by atoms with van der Waals surface area (Å²) in [5, 5.41) is 0. The Bertz CT molecular complexity index is 886. The molecule has 4 rings (SSSR count). The maximum absolute atomic E-state index is 5.43. The Kier molecular flexibility index (Phi) is 2.82. The third kappa shape index (κ3) is 1.88. The predicted octanol–water partition coefficient (Wildman–Crippen LogP) is 4.67. The SMILES string of the molecule is CCc1c[nH]c(=S)n1-c1ccc2c(c1)Cc1ccccc1-2. The minimum absolute atomic E-state index is 0.766. The normalized spacial score (nSPS) is 12.2. The Hall–Kier alpha value is -2.13. The molecule has 1 N–H and O–H groups in total. The number of fused-ring (bicyclic) bond motifs is 3. The number of H-pyrrole nitrogens is 1. The van der Waals surface area contributed by atoms with Crippen molar-refractivity contribution in [2.75, 3.05) is 0 Å². The highest BCUT2D eigenvalue weighted by Gasteiger charge is 2.18. The first-order chi connectivity index (χ1) is 10.3. The maximum atomic E-state index is 5.43. The smallest absolute Gasteiger partial charge is 0.182 e. The molecule has 2 aromatic carbocycles. The van der Waals surface area contributed by atoms with Crippen LogP contribution in [0.25, 0.3) is 16.8 Å². The topological polar surface area (TPSA) is 20.7 Å². The van der Waals surface area contributed by atoms with Gasteiger partial charge >= 0.3 is 0 Å². The van der Waals surface area contributed by atoms with Gasteiger partial charge in [0.25, 0.3) is 0 Å². The van der Waals surface area contributed by atoms with E-state index >= 15 is 0 Å². The van der Waals surface area contributed by atoms with E-state index in [2.05, 4.69) is 58.9 Å². The van der Waals surface area contributed by atoms with E-state index in [-0.39, 0.29) is 0 Å². The van der Waals surface area contributed by atoms with Crippen LogP contribution in [0.1, 0.15) is 23.7 Å². The molecule has 1 heterocycles. The van der Waals surface area contributed by atoms with E-state index in [1.807, 2.05) is 6.20 Å². The molecule has 0 spiro atoms. The van der Waals surface area contributed by atoms with Crippen LogP contribution in [0.3, 0.4) is 0 Å². The van der Waals surface area contributed by atoms with Crippen LogP contribution < -0.4 is 0 Å². The average molecular weight is 292 g/mol. The van der Waals surface area contributed by atoms with Crippen molar-refractivity contribution in [3.8, 4) is 16.8 Å². The molecule has 0 saturated carbocycles. The van der Waals surface area contributed by atoms with E-state index < -0.39 is 0 Å². The van der Waals surface area contributed by atoms with Gasteiger partial charge in [0.1, 0.15) is 0 Å². The zero-order chi connectivity index (χ0) is 14.4. The van der Waals surface area contributed by atoms with Crippen LogP contribution in [0.5, 0.6) is 0 Å². The Morgan fingerprint density at radius 2 is 1.90 bits per heavy atom. The van der Waals surface area contributed by atoms with Gasteiger partial charge in [-0.05, 0) is 59.4 Å². The number of aromatic nitrogens is 2. The van der Waals surface area contributed by atoms with Gasteiger partial charge in [-0.25, -0.2) is 0 Å². The van der Waals surface area contributed by atoms with Crippen molar-refractivity contribution in [3.63, 3.8) is 0 Å². The zero-order valence-corrected chi connectivity index (χ0v) is 12.7. The summed E-state index contributed by atoms with van der Waals surface area (Å²) in [6.07, 6.45) is 3.98. The molecule has 0 unspecified atom stereocenters. The highest BCUT2D eigenvalue weighted by Crippen LogP contribution is 2.37. The maximum Gasteiger partial charge on any atom is 0.182 e. The quantitative estimate of drug-likeness (QED) is 0.532.